The van der Waals surface area contributed by atoms with Crippen molar-refractivity contribution in [2.45, 2.75) is 38.3 Å². The lowest BCUT2D eigenvalue weighted by Gasteiger charge is -2.27. The smallest absolute Gasteiger partial charge is 0.326 e. The second kappa shape index (κ2) is 9.96. The third kappa shape index (κ3) is 5.52. The van der Waals surface area contributed by atoms with Crippen molar-refractivity contribution in [3.05, 3.63) is 69.2 Å². The Morgan fingerprint density at radius 2 is 1.93 bits per heavy atom. The highest BCUT2D eigenvalue weighted by molar-refractivity contribution is 6.36. The fourth-order valence-corrected chi connectivity index (χ4v) is 3.90. The molecule has 2 aromatic carbocycles. The monoisotopic (exact) mass is 448 g/mol. The lowest BCUT2D eigenvalue weighted by atomic mass is 9.87. The molecule has 0 saturated heterocycles. The van der Waals surface area contributed by atoms with Gasteiger partial charge in [-0.25, -0.2) is 0 Å². The Balaban J connectivity index is 1.49. The van der Waals surface area contributed by atoms with Crippen LogP contribution in [0.5, 0.6) is 0 Å². The van der Waals surface area contributed by atoms with E-state index in [-0.39, 0.29) is 29.1 Å². The molecule has 2 N–H and O–H groups in total. The van der Waals surface area contributed by atoms with Crippen molar-refractivity contribution in [1.82, 2.24) is 10.6 Å². The van der Waals surface area contributed by atoms with Crippen LogP contribution in [-0.4, -0.2) is 30.4 Å². The number of hydrogen-bond donors (Lipinski definition) is 2. The van der Waals surface area contributed by atoms with Crippen molar-refractivity contribution < 1.29 is 19.1 Å². The lowest BCUT2D eigenvalue weighted by molar-refractivity contribution is -0.154. The molecular weight excluding hydrogens is 427 g/mol. The van der Waals surface area contributed by atoms with Crippen LogP contribution in [0.4, 0.5) is 0 Å². The number of esters is 1. The largest absolute Gasteiger partial charge is 0.451 e. The molecule has 0 fully saturated rings. The van der Waals surface area contributed by atoms with Crippen molar-refractivity contribution >= 4 is 41.0 Å². The van der Waals surface area contributed by atoms with Crippen molar-refractivity contribution in [3.63, 3.8) is 0 Å². The Hall–Kier alpha value is -2.57. The molecule has 0 saturated carbocycles. The maximum Gasteiger partial charge on any atom is 0.326 e. The number of carbonyl (C=O) groups excluding carboxylic acids is 3. The Morgan fingerprint density at radius 3 is 2.70 bits per heavy atom. The van der Waals surface area contributed by atoms with Gasteiger partial charge in [0.1, 0.15) is 6.54 Å². The summed E-state index contributed by atoms with van der Waals surface area (Å²) in [6, 6.07) is 12.3. The van der Waals surface area contributed by atoms with Gasteiger partial charge < -0.3 is 15.4 Å². The number of fused-ring (bicyclic) bond motifs is 1. The zero-order valence-electron chi connectivity index (χ0n) is 16.4. The van der Waals surface area contributed by atoms with Crippen LogP contribution < -0.4 is 10.6 Å². The highest BCUT2D eigenvalue weighted by atomic mass is 35.5. The van der Waals surface area contributed by atoms with Crippen molar-refractivity contribution in [2.24, 2.45) is 0 Å². The van der Waals surface area contributed by atoms with E-state index in [4.69, 9.17) is 27.9 Å². The third-order valence-corrected chi connectivity index (χ3v) is 5.48. The molecule has 30 heavy (non-hydrogen) atoms. The SMILES string of the molecule is C[C@H](OC(=O)CNC(=O)c1ccc(Cl)cc1Cl)C(=O)N[C@@H]1CCCc2ccccc21. The number of hydrogen-bond acceptors (Lipinski definition) is 4. The standard InChI is InChI=1S/C22H22Cl2N2O4/c1-13(21(28)26-19-8-4-6-14-5-2-3-7-16(14)19)30-20(27)12-25-22(29)17-10-9-15(23)11-18(17)24/h2-3,5,7,9-11,13,19H,4,6,8,12H2,1H3,(H,25,29)(H,26,28)/t13-,19+/m0/s1. The number of carbonyl (C=O) groups is 3. The average molecular weight is 449 g/mol. The molecule has 0 aromatic heterocycles. The van der Waals surface area contributed by atoms with E-state index < -0.39 is 18.0 Å². The number of ether oxygens (including phenoxy) is 1. The maximum atomic E-state index is 12.5. The molecule has 2 amide bonds. The van der Waals surface area contributed by atoms with E-state index in [9.17, 15) is 14.4 Å². The Bertz CT molecular complexity index is 964. The predicted octanol–water partition coefficient (Wildman–Crippen LogP) is 3.85. The van der Waals surface area contributed by atoms with E-state index in [0.29, 0.717) is 5.02 Å². The molecule has 0 heterocycles. The van der Waals surface area contributed by atoms with Gasteiger partial charge in [0.05, 0.1) is 16.6 Å². The summed E-state index contributed by atoms with van der Waals surface area (Å²) in [7, 11) is 0. The van der Waals surface area contributed by atoms with Crippen LogP contribution in [0.2, 0.25) is 10.0 Å². The zero-order valence-corrected chi connectivity index (χ0v) is 17.9. The Kier molecular flexibility index (Phi) is 7.34. The van der Waals surface area contributed by atoms with Gasteiger partial charge in [0, 0.05) is 5.02 Å². The van der Waals surface area contributed by atoms with Gasteiger partial charge in [-0.1, -0.05) is 47.5 Å². The van der Waals surface area contributed by atoms with Crippen LogP contribution in [0.3, 0.4) is 0 Å². The van der Waals surface area contributed by atoms with E-state index >= 15 is 0 Å². The quantitative estimate of drug-likeness (QED) is 0.657. The third-order valence-electron chi connectivity index (χ3n) is 4.93. The molecule has 2 atom stereocenters. The number of amides is 2. The first-order valence-electron chi connectivity index (χ1n) is 9.66. The highest BCUT2D eigenvalue weighted by Crippen LogP contribution is 2.29. The van der Waals surface area contributed by atoms with Crippen molar-refractivity contribution in [1.29, 1.82) is 0 Å². The molecule has 0 aliphatic heterocycles. The molecular formula is C22H22Cl2N2O4. The molecule has 8 heteroatoms. The summed E-state index contributed by atoms with van der Waals surface area (Å²) in [4.78, 5) is 36.7. The predicted molar refractivity (Wildman–Crippen MR) is 115 cm³/mol. The van der Waals surface area contributed by atoms with Gasteiger partial charge in [0.15, 0.2) is 6.10 Å². The van der Waals surface area contributed by atoms with E-state index in [0.717, 1.165) is 24.8 Å². The molecule has 2 aromatic rings. The van der Waals surface area contributed by atoms with Gasteiger partial charge in [-0.05, 0) is 55.5 Å². The van der Waals surface area contributed by atoms with Crippen molar-refractivity contribution in [2.75, 3.05) is 6.54 Å². The zero-order chi connectivity index (χ0) is 21.7. The second-order valence-corrected chi connectivity index (χ2v) is 7.93. The first-order valence-corrected chi connectivity index (χ1v) is 10.4. The molecule has 158 valence electrons. The van der Waals surface area contributed by atoms with Crippen LogP contribution in [0.15, 0.2) is 42.5 Å². The number of halogens is 2. The van der Waals surface area contributed by atoms with E-state index in [1.165, 1.54) is 30.7 Å². The minimum Gasteiger partial charge on any atom is -0.451 e. The molecule has 1 aliphatic carbocycles. The molecule has 3 rings (SSSR count). The Labute approximate surface area is 184 Å². The normalized spacial score (nSPS) is 16.2. The van der Waals surface area contributed by atoms with Gasteiger partial charge in [0.2, 0.25) is 0 Å². The topological polar surface area (TPSA) is 84.5 Å². The van der Waals surface area contributed by atoms with Crippen LogP contribution >= 0.6 is 23.2 Å². The fraction of sp³-hybridized carbons (Fsp3) is 0.318. The summed E-state index contributed by atoms with van der Waals surface area (Å²) < 4.78 is 5.16. The van der Waals surface area contributed by atoms with Gasteiger partial charge >= 0.3 is 5.97 Å². The van der Waals surface area contributed by atoms with E-state index in [2.05, 4.69) is 16.7 Å². The molecule has 6 nitrogen and oxygen atoms in total. The number of benzene rings is 2. The van der Waals surface area contributed by atoms with E-state index in [1.54, 1.807) is 0 Å². The molecule has 0 spiro atoms. The molecule has 0 unspecified atom stereocenters. The maximum absolute atomic E-state index is 12.5. The molecule has 0 radical (unpaired) electrons. The minimum atomic E-state index is -0.984. The van der Waals surface area contributed by atoms with Crippen LogP contribution in [0.1, 0.15) is 47.3 Å². The summed E-state index contributed by atoms with van der Waals surface area (Å²) in [6.45, 7) is 1.11. The first-order chi connectivity index (χ1) is 14.3. The highest BCUT2D eigenvalue weighted by Gasteiger charge is 2.25. The minimum absolute atomic E-state index is 0.102. The molecule has 1 aliphatic rings. The number of nitrogens with one attached hydrogen (secondary N) is 2. The van der Waals surface area contributed by atoms with Gasteiger partial charge in [-0.15, -0.1) is 0 Å². The van der Waals surface area contributed by atoms with Crippen LogP contribution in [-0.2, 0) is 20.7 Å². The summed E-state index contributed by atoms with van der Waals surface area (Å²) >= 11 is 11.8. The molecule has 0 bridgehead atoms. The summed E-state index contributed by atoms with van der Waals surface area (Å²) in [6.07, 6.45) is 1.82. The summed E-state index contributed by atoms with van der Waals surface area (Å²) in [5.74, 6) is -1.64. The first kappa shape index (κ1) is 22.1. The number of rotatable bonds is 6. The van der Waals surface area contributed by atoms with Gasteiger partial charge in [0.25, 0.3) is 11.8 Å². The van der Waals surface area contributed by atoms with E-state index in [1.807, 2.05) is 18.2 Å². The number of aryl methyl sites for hydroxylation is 1. The van der Waals surface area contributed by atoms with Gasteiger partial charge in [-0.3, -0.25) is 14.4 Å². The second-order valence-electron chi connectivity index (χ2n) is 7.09. The van der Waals surface area contributed by atoms with Crippen molar-refractivity contribution in [3.8, 4) is 0 Å². The average Bonchev–Trinajstić information content (AvgIpc) is 2.72. The summed E-state index contributed by atoms with van der Waals surface area (Å²) in [5.41, 5.74) is 2.51. The van der Waals surface area contributed by atoms with Gasteiger partial charge in [-0.2, -0.15) is 0 Å². The lowest BCUT2D eigenvalue weighted by Crippen LogP contribution is -2.41. The van der Waals surface area contributed by atoms with Crippen LogP contribution in [0, 0.1) is 0 Å². The van der Waals surface area contributed by atoms with Crippen LogP contribution in [0.25, 0.3) is 0 Å². The Morgan fingerprint density at radius 1 is 1.17 bits per heavy atom. The fourth-order valence-electron chi connectivity index (χ4n) is 3.41. The summed E-state index contributed by atoms with van der Waals surface area (Å²) in [5, 5.41) is 5.95.